The highest BCUT2D eigenvalue weighted by Gasteiger charge is 2.27. The number of halogens is 2. The standard InChI is InChI=1S/C23H29Br2NO5S/c1-5-29-21(27)18-16(12-26-22(28)31-23(2,3)4)32-15-11-14(24)20(19(25)17(15)18)30-13-9-7-6-8-10-13/h11,13H,5-10,12H2,1-4H3,(H,26,28). The molecule has 0 spiro atoms. The van der Waals surface area contributed by atoms with Crippen LogP contribution < -0.4 is 10.1 Å². The zero-order chi connectivity index (χ0) is 23.5. The van der Waals surface area contributed by atoms with Crippen molar-refractivity contribution in [3.05, 3.63) is 25.5 Å². The molecule has 1 N–H and O–H groups in total. The molecule has 1 amide bonds. The summed E-state index contributed by atoms with van der Waals surface area (Å²) in [4.78, 5) is 25.8. The molecule has 6 nitrogen and oxygen atoms in total. The van der Waals surface area contributed by atoms with Gasteiger partial charge in [-0.3, -0.25) is 0 Å². The van der Waals surface area contributed by atoms with Crippen LogP contribution in [0.15, 0.2) is 15.0 Å². The zero-order valence-corrected chi connectivity index (χ0v) is 22.8. The third-order valence-corrected chi connectivity index (χ3v) is 7.49. The van der Waals surface area contributed by atoms with E-state index in [2.05, 4.69) is 37.2 Å². The maximum atomic E-state index is 12.9. The third kappa shape index (κ3) is 6.17. The molecule has 1 aromatic carbocycles. The minimum Gasteiger partial charge on any atom is -0.488 e. The summed E-state index contributed by atoms with van der Waals surface area (Å²) in [6, 6.07) is 1.96. The summed E-state index contributed by atoms with van der Waals surface area (Å²) < 4.78 is 19.5. The normalized spacial score (nSPS) is 14.9. The number of thiophene rings is 1. The molecular formula is C23H29Br2NO5S. The lowest BCUT2D eigenvalue weighted by Gasteiger charge is -2.24. The predicted molar refractivity (Wildman–Crippen MR) is 134 cm³/mol. The second kappa shape index (κ2) is 10.7. The minimum atomic E-state index is -0.604. The smallest absolute Gasteiger partial charge is 0.407 e. The van der Waals surface area contributed by atoms with E-state index in [1.54, 1.807) is 27.7 Å². The van der Waals surface area contributed by atoms with Crippen molar-refractivity contribution in [3.8, 4) is 5.75 Å². The summed E-state index contributed by atoms with van der Waals surface area (Å²) in [5, 5.41) is 3.49. The van der Waals surface area contributed by atoms with Gasteiger partial charge in [0.2, 0.25) is 0 Å². The molecule has 9 heteroatoms. The highest BCUT2D eigenvalue weighted by molar-refractivity contribution is 9.11. The number of benzene rings is 1. The fourth-order valence-corrected chi connectivity index (χ4v) is 6.65. The van der Waals surface area contributed by atoms with E-state index < -0.39 is 17.7 Å². The Labute approximate surface area is 209 Å². The van der Waals surface area contributed by atoms with Crippen molar-refractivity contribution in [2.75, 3.05) is 6.61 Å². The lowest BCUT2D eigenvalue weighted by Crippen LogP contribution is -2.32. The molecule has 1 saturated carbocycles. The summed E-state index contributed by atoms with van der Waals surface area (Å²) in [6.07, 6.45) is 5.24. The molecule has 176 valence electrons. The van der Waals surface area contributed by atoms with E-state index in [9.17, 15) is 9.59 Å². The van der Waals surface area contributed by atoms with Crippen LogP contribution in [0.1, 0.15) is 75.0 Å². The van der Waals surface area contributed by atoms with Gasteiger partial charge in [0.25, 0.3) is 0 Å². The van der Waals surface area contributed by atoms with E-state index >= 15 is 0 Å². The number of hydrogen-bond donors (Lipinski definition) is 1. The van der Waals surface area contributed by atoms with E-state index in [0.717, 1.165) is 44.7 Å². The van der Waals surface area contributed by atoms with Crippen molar-refractivity contribution in [2.24, 2.45) is 0 Å². The molecule has 32 heavy (non-hydrogen) atoms. The van der Waals surface area contributed by atoms with Crippen molar-refractivity contribution in [3.63, 3.8) is 0 Å². The molecular weight excluding hydrogens is 562 g/mol. The van der Waals surface area contributed by atoms with Crippen LogP contribution >= 0.6 is 43.2 Å². The molecule has 1 aliphatic carbocycles. The van der Waals surface area contributed by atoms with Gasteiger partial charge < -0.3 is 19.5 Å². The van der Waals surface area contributed by atoms with Gasteiger partial charge >= 0.3 is 12.1 Å². The van der Waals surface area contributed by atoms with Crippen molar-refractivity contribution in [1.29, 1.82) is 0 Å². The molecule has 1 heterocycles. The van der Waals surface area contributed by atoms with Gasteiger partial charge in [-0.1, -0.05) is 6.42 Å². The fourth-order valence-electron chi connectivity index (χ4n) is 3.68. The quantitative estimate of drug-likeness (QED) is 0.356. The second-order valence-corrected chi connectivity index (χ2v) is 11.5. The summed E-state index contributed by atoms with van der Waals surface area (Å²) in [5.74, 6) is 0.269. The largest absolute Gasteiger partial charge is 0.488 e. The molecule has 0 radical (unpaired) electrons. The number of carbonyl (C=O) groups excluding carboxylic acids is 2. The highest BCUT2D eigenvalue weighted by atomic mass is 79.9. The number of amides is 1. The topological polar surface area (TPSA) is 73.9 Å². The molecule has 0 atom stereocenters. The number of alkyl carbamates (subject to hydrolysis) is 1. The molecule has 0 bridgehead atoms. The Morgan fingerprint density at radius 1 is 1.19 bits per heavy atom. The van der Waals surface area contributed by atoms with Crippen LogP contribution in [-0.2, 0) is 16.0 Å². The van der Waals surface area contributed by atoms with Gasteiger partial charge in [0.1, 0.15) is 11.4 Å². The Kier molecular flexibility index (Phi) is 8.49. The van der Waals surface area contributed by atoms with Crippen molar-refractivity contribution >= 4 is 65.3 Å². The average molecular weight is 591 g/mol. The van der Waals surface area contributed by atoms with Crippen molar-refractivity contribution in [1.82, 2.24) is 5.32 Å². The molecule has 0 unspecified atom stereocenters. The number of carbonyl (C=O) groups is 2. The first kappa shape index (κ1) is 25.3. The first-order chi connectivity index (χ1) is 15.1. The zero-order valence-electron chi connectivity index (χ0n) is 18.8. The predicted octanol–water partition coefficient (Wildman–Crippen LogP) is 7.34. The first-order valence-electron chi connectivity index (χ1n) is 10.8. The third-order valence-electron chi connectivity index (χ3n) is 5.01. The molecule has 0 saturated heterocycles. The first-order valence-corrected chi connectivity index (χ1v) is 13.2. The second-order valence-electron chi connectivity index (χ2n) is 8.73. The molecule has 1 aromatic heterocycles. The highest BCUT2D eigenvalue weighted by Crippen LogP contribution is 2.46. The van der Waals surface area contributed by atoms with Crippen LogP contribution in [-0.4, -0.2) is 30.4 Å². The maximum Gasteiger partial charge on any atom is 0.407 e. The number of esters is 1. The summed E-state index contributed by atoms with van der Waals surface area (Å²) in [5.41, 5.74) is -0.163. The Morgan fingerprint density at radius 3 is 2.50 bits per heavy atom. The molecule has 2 aromatic rings. The summed E-state index contributed by atoms with van der Waals surface area (Å²) >= 11 is 8.77. The SMILES string of the molecule is CCOC(=O)c1c(CNC(=O)OC(C)(C)C)sc2cc(Br)c(OC3CCCCC3)c(Br)c12. The van der Waals surface area contributed by atoms with Crippen LogP contribution in [0.5, 0.6) is 5.75 Å². The van der Waals surface area contributed by atoms with Crippen LogP contribution in [0, 0.1) is 0 Å². The Hall–Kier alpha value is -1.32. The van der Waals surface area contributed by atoms with E-state index in [4.69, 9.17) is 14.2 Å². The number of fused-ring (bicyclic) bond motifs is 1. The number of rotatable bonds is 6. The Bertz CT molecular complexity index is 993. The Balaban J connectivity index is 1.98. The molecule has 0 aliphatic heterocycles. The summed E-state index contributed by atoms with van der Waals surface area (Å²) in [7, 11) is 0. The lowest BCUT2D eigenvalue weighted by molar-refractivity contribution is 0.0504. The van der Waals surface area contributed by atoms with Crippen molar-refractivity contribution in [2.45, 2.75) is 78.0 Å². The van der Waals surface area contributed by atoms with Gasteiger partial charge in [-0.15, -0.1) is 11.3 Å². The Morgan fingerprint density at radius 2 is 1.88 bits per heavy atom. The number of hydrogen-bond acceptors (Lipinski definition) is 6. The van der Waals surface area contributed by atoms with E-state index in [1.807, 2.05) is 6.07 Å². The van der Waals surface area contributed by atoms with Gasteiger partial charge in [-0.05, 0) is 91.3 Å². The van der Waals surface area contributed by atoms with Gasteiger partial charge in [-0.2, -0.15) is 0 Å². The summed E-state index contributed by atoms with van der Waals surface area (Å²) in [6.45, 7) is 7.60. The molecule has 1 aliphatic rings. The van der Waals surface area contributed by atoms with Crippen LogP contribution in [0.25, 0.3) is 10.1 Å². The van der Waals surface area contributed by atoms with E-state index in [1.165, 1.54) is 17.8 Å². The monoisotopic (exact) mass is 589 g/mol. The molecule has 1 fully saturated rings. The minimum absolute atomic E-state index is 0.158. The van der Waals surface area contributed by atoms with E-state index in [-0.39, 0.29) is 19.3 Å². The van der Waals surface area contributed by atoms with Gasteiger partial charge in [-0.25, -0.2) is 9.59 Å². The lowest BCUT2D eigenvalue weighted by atomic mass is 9.98. The van der Waals surface area contributed by atoms with Crippen LogP contribution in [0.4, 0.5) is 4.79 Å². The van der Waals surface area contributed by atoms with Crippen LogP contribution in [0.2, 0.25) is 0 Å². The molecule has 3 rings (SSSR count). The van der Waals surface area contributed by atoms with E-state index in [0.29, 0.717) is 16.2 Å². The van der Waals surface area contributed by atoms with Gasteiger partial charge in [0, 0.05) is 15.0 Å². The van der Waals surface area contributed by atoms with Gasteiger partial charge in [0.15, 0.2) is 0 Å². The average Bonchev–Trinajstić information content (AvgIpc) is 3.07. The maximum absolute atomic E-state index is 12.9. The number of ether oxygens (including phenoxy) is 3. The van der Waals surface area contributed by atoms with Crippen LogP contribution in [0.3, 0.4) is 0 Å². The van der Waals surface area contributed by atoms with Gasteiger partial charge in [0.05, 0.1) is 33.8 Å². The number of nitrogens with one attached hydrogen (secondary N) is 1. The fraction of sp³-hybridized carbons (Fsp3) is 0.565. The van der Waals surface area contributed by atoms with Crippen molar-refractivity contribution < 1.29 is 23.8 Å².